The average Bonchev–Trinajstić information content (AvgIpc) is 2.99. The Balaban J connectivity index is 1.62. The van der Waals surface area contributed by atoms with E-state index in [0.717, 1.165) is 25.7 Å². The van der Waals surface area contributed by atoms with Crippen LogP contribution in [-0.4, -0.2) is 24.1 Å². The highest BCUT2D eigenvalue weighted by Gasteiger charge is 2.64. The van der Waals surface area contributed by atoms with Gasteiger partial charge in [0.15, 0.2) is 0 Å². The van der Waals surface area contributed by atoms with E-state index in [1.807, 2.05) is 0 Å². The summed E-state index contributed by atoms with van der Waals surface area (Å²) in [7, 11) is 0. The first-order chi connectivity index (χ1) is 13.7. The molecule has 0 aromatic carbocycles. The van der Waals surface area contributed by atoms with Gasteiger partial charge in [-0.05, 0) is 86.4 Å². The van der Waals surface area contributed by atoms with Crippen LogP contribution >= 0.6 is 0 Å². The molecule has 162 valence electrons. The summed E-state index contributed by atoms with van der Waals surface area (Å²) in [5, 5.41) is 0. The van der Waals surface area contributed by atoms with Gasteiger partial charge in [0.05, 0.1) is 0 Å². The third-order valence-corrected chi connectivity index (χ3v) is 9.69. The molecule has 0 saturated heterocycles. The second-order valence-corrected chi connectivity index (χ2v) is 10.8. The van der Waals surface area contributed by atoms with E-state index in [1.54, 1.807) is 6.92 Å². The molecule has 0 aromatic rings. The van der Waals surface area contributed by atoms with Gasteiger partial charge in [0.1, 0.15) is 12.2 Å². The van der Waals surface area contributed by atoms with E-state index in [4.69, 9.17) is 9.47 Å². The number of hydrogen-bond acceptors (Lipinski definition) is 4. The van der Waals surface area contributed by atoms with Gasteiger partial charge in [-0.15, -0.1) is 6.58 Å². The molecule has 0 aromatic heterocycles. The van der Waals surface area contributed by atoms with Crippen molar-refractivity contribution >= 4 is 11.9 Å². The fourth-order valence-corrected chi connectivity index (χ4v) is 8.31. The number of hydrogen-bond donors (Lipinski definition) is 0. The van der Waals surface area contributed by atoms with E-state index in [0.29, 0.717) is 29.6 Å². The van der Waals surface area contributed by atoms with Crippen molar-refractivity contribution in [1.82, 2.24) is 0 Å². The summed E-state index contributed by atoms with van der Waals surface area (Å²) in [5.74, 6) is 2.63. The van der Waals surface area contributed by atoms with E-state index < -0.39 is 0 Å². The summed E-state index contributed by atoms with van der Waals surface area (Å²) < 4.78 is 11.6. The number of carbonyl (C=O) groups is 2. The van der Waals surface area contributed by atoms with Crippen LogP contribution in [0.15, 0.2) is 12.7 Å². The molecule has 0 spiro atoms. The number of rotatable bonds is 3. The number of esters is 2. The standard InChI is InChI=1S/C25H38O4/c1-6-17-8-10-21-20-9-7-18-13-19(28-15(2)26)11-12-24(18,4)22(20)14-23(25(17,21)5)29-16(3)27/h6,17-23H,1,7-14H2,2-5H3/t17-,18+,19+,20-,21-,22-,23-,24+,25+/m1/s1. The maximum atomic E-state index is 12.0. The summed E-state index contributed by atoms with van der Waals surface area (Å²) in [4.78, 5) is 23.5. The molecule has 0 aliphatic heterocycles. The normalized spacial score (nSPS) is 48.6. The molecule has 29 heavy (non-hydrogen) atoms. The predicted molar refractivity (Wildman–Crippen MR) is 112 cm³/mol. The van der Waals surface area contributed by atoms with Crippen molar-refractivity contribution < 1.29 is 19.1 Å². The molecule has 4 rings (SSSR count). The Bertz CT molecular complexity index is 686. The molecule has 0 heterocycles. The zero-order valence-corrected chi connectivity index (χ0v) is 18.6. The Morgan fingerprint density at radius 1 is 0.931 bits per heavy atom. The number of allylic oxidation sites excluding steroid dienone is 1. The molecule has 4 heteroatoms. The third-order valence-electron chi connectivity index (χ3n) is 9.69. The van der Waals surface area contributed by atoms with Gasteiger partial charge in [-0.3, -0.25) is 9.59 Å². The van der Waals surface area contributed by atoms with Gasteiger partial charge in [-0.1, -0.05) is 19.9 Å². The van der Waals surface area contributed by atoms with Crippen LogP contribution in [0.3, 0.4) is 0 Å². The highest BCUT2D eigenvalue weighted by molar-refractivity contribution is 5.66. The lowest BCUT2D eigenvalue weighted by Crippen LogP contribution is -2.59. The van der Waals surface area contributed by atoms with Crippen molar-refractivity contribution in [3.05, 3.63) is 12.7 Å². The Kier molecular flexibility index (Phi) is 5.36. The molecule has 4 aliphatic carbocycles. The van der Waals surface area contributed by atoms with Crippen molar-refractivity contribution in [3.8, 4) is 0 Å². The van der Waals surface area contributed by atoms with E-state index in [-0.39, 0.29) is 35.0 Å². The van der Waals surface area contributed by atoms with E-state index >= 15 is 0 Å². The molecular weight excluding hydrogens is 364 g/mol. The minimum Gasteiger partial charge on any atom is -0.463 e. The van der Waals surface area contributed by atoms with Gasteiger partial charge in [-0.25, -0.2) is 0 Å². The molecular formula is C25H38O4. The molecule has 0 unspecified atom stereocenters. The Labute approximate surface area is 175 Å². The van der Waals surface area contributed by atoms with Crippen LogP contribution in [0.5, 0.6) is 0 Å². The van der Waals surface area contributed by atoms with E-state index in [2.05, 4.69) is 26.5 Å². The first-order valence-corrected chi connectivity index (χ1v) is 11.7. The highest BCUT2D eigenvalue weighted by Crippen LogP contribution is 2.68. The minimum atomic E-state index is -0.155. The van der Waals surface area contributed by atoms with Gasteiger partial charge >= 0.3 is 11.9 Å². The maximum absolute atomic E-state index is 12.0. The number of carbonyl (C=O) groups excluding carboxylic acids is 2. The summed E-state index contributed by atoms with van der Waals surface area (Å²) in [6, 6.07) is 0. The third kappa shape index (κ3) is 3.25. The fourth-order valence-electron chi connectivity index (χ4n) is 8.31. The Hall–Kier alpha value is -1.32. The fraction of sp³-hybridized carbons (Fsp3) is 0.840. The summed E-state index contributed by atoms with van der Waals surface area (Å²) in [6.07, 6.45) is 11.1. The topological polar surface area (TPSA) is 52.6 Å². The Morgan fingerprint density at radius 3 is 2.31 bits per heavy atom. The van der Waals surface area contributed by atoms with Gasteiger partial charge in [0, 0.05) is 19.3 Å². The van der Waals surface area contributed by atoms with Crippen LogP contribution in [0.2, 0.25) is 0 Å². The minimum absolute atomic E-state index is 0.0153. The van der Waals surface area contributed by atoms with Crippen LogP contribution < -0.4 is 0 Å². The molecule has 0 amide bonds. The smallest absolute Gasteiger partial charge is 0.302 e. The first kappa shape index (κ1) is 20.9. The van der Waals surface area contributed by atoms with Crippen molar-refractivity contribution in [2.24, 2.45) is 40.4 Å². The van der Waals surface area contributed by atoms with E-state index in [1.165, 1.54) is 32.6 Å². The van der Waals surface area contributed by atoms with Crippen LogP contribution in [0, 0.1) is 40.4 Å². The molecule has 4 aliphatic rings. The van der Waals surface area contributed by atoms with E-state index in [9.17, 15) is 9.59 Å². The van der Waals surface area contributed by atoms with Crippen LogP contribution in [0.25, 0.3) is 0 Å². The van der Waals surface area contributed by atoms with Crippen molar-refractivity contribution in [2.45, 2.75) is 91.3 Å². The molecule has 4 fully saturated rings. The predicted octanol–water partition coefficient (Wildman–Crippen LogP) is 5.30. The van der Waals surface area contributed by atoms with Crippen molar-refractivity contribution in [2.75, 3.05) is 0 Å². The quantitative estimate of drug-likeness (QED) is 0.474. The summed E-state index contributed by atoms with van der Waals surface area (Å²) in [5.41, 5.74) is 0.276. The van der Waals surface area contributed by atoms with Gasteiger partial charge in [0.2, 0.25) is 0 Å². The SMILES string of the molecule is C=C[C@@H]1CC[C@@H]2[C@H]3CC[C@H]4C[C@@H](OC(C)=O)CC[C@]4(C)[C@@H]3C[C@@H](OC(C)=O)[C@@]12C. The van der Waals surface area contributed by atoms with Gasteiger partial charge in [-0.2, -0.15) is 0 Å². The van der Waals surface area contributed by atoms with Crippen LogP contribution in [0.1, 0.15) is 79.1 Å². The molecule has 4 nitrogen and oxygen atoms in total. The summed E-state index contributed by atoms with van der Waals surface area (Å²) in [6.45, 7) is 12.0. The first-order valence-electron chi connectivity index (χ1n) is 11.7. The zero-order valence-electron chi connectivity index (χ0n) is 18.6. The molecule has 0 radical (unpaired) electrons. The molecule has 0 bridgehead atoms. The molecule has 4 saturated carbocycles. The summed E-state index contributed by atoms with van der Waals surface area (Å²) >= 11 is 0. The van der Waals surface area contributed by atoms with Gasteiger partial charge < -0.3 is 9.47 Å². The monoisotopic (exact) mass is 402 g/mol. The van der Waals surface area contributed by atoms with Crippen LogP contribution in [-0.2, 0) is 19.1 Å². The largest absolute Gasteiger partial charge is 0.463 e. The number of ether oxygens (including phenoxy) is 2. The van der Waals surface area contributed by atoms with Crippen molar-refractivity contribution in [3.63, 3.8) is 0 Å². The lowest BCUT2D eigenvalue weighted by atomic mass is 9.44. The molecule has 9 atom stereocenters. The average molecular weight is 403 g/mol. The second-order valence-electron chi connectivity index (χ2n) is 10.8. The maximum Gasteiger partial charge on any atom is 0.302 e. The second kappa shape index (κ2) is 7.42. The van der Waals surface area contributed by atoms with Crippen LogP contribution in [0.4, 0.5) is 0 Å². The van der Waals surface area contributed by atoms with Gasteiger partial charge in [0.25, 0.3) is 0 Å². The highest BCUT2D eigenvalue weighted by atomic mass is 16.5. The molecule has 0 N–H and O–H groups in total. The lowest BCUT2D eigenvalue weighted by Gasteiger charge is -2.62. The number of fused-ring (bicyclic) bond motifs is 5. The van der Waals surface area contributed by atoms with Crippen molar-refractivity contribution in [1.29, 1.82) is 0 Å². The Morgan fingerprint density at radius 2 is 1.66 bits per heavy atom. The lowest BCUT2D eigenvalue weighted by molar-refractivity contribution is -0.192. The zero-order chi connectivity index (χ0) is 21.0.